The first kappa shape index (κ1) is 14.1. The van der Waals surface area contributed by atoms with Crippen molar-refractivity contribution in [1.82, 2.24) is 0 Å². The van der Waals surface area contributed by atoms with Crippen LogP contribution in [0.25, 0.3) is 0 Å². The Morgan fingerprint density at radius 1 is 1.30 bits per heavy atom. The van der Waals surface area contributed by atoms with Crippen molar-refractivity contribution in [2.75, 3.05) is 0 Å². The average molecular weight is 272 g/mol. The van der Waals surface area contributed by atoms with Gasteiger partial charge in [-0.2, -0.15) is 0 Å². The molecule has 0 aliphatic heterocycles. The fourth-order valence-electron chi connectivity index (χ4n) is 4.88. The summed E-state index contributed by atoms with van der Waals surface area (Å²) >= 11 is 0. The lowest BCUT2D eigenvalue weighted by molar-refractivity contribution is -0.130. The largest absolute Gasteiger partial charge is 0.299 e. The van der Waals surface area contributed by atoms with Gasteiger partial charge in [0.25, 0.3) is 0 Å². The van der Waals surface area contributed by atoms with Gasteiger partial charge in [-0.3, -0.25) is 4.79 Å². The van der Waals surface area contributed by atoms with Gasteiger partial charge in [-0.15, -0.1) is 0 Å². The highest BCUT2D eigenvalue weighted by Crippen LogP contribution is 2.56. The molecule has 1 heteroatoms. The predicted octanol–water partition coefficient (Wildman–Crippen LogP) is 5.07. The van der Waals surface area contributed by atoms with Gasteiger partial charge in [-0.1, -0.05) is 43.6 Å². The Bertz CT molecular complexity index is 494. The SMILES string of the molecule is CC1=CCC2C3=C(C(C)C)CCC3CCC2(C)C(=O)C1. The third kappa shape index (κ3) is 2.01. The number of rotatable bonds is 1. The van der Waals surface area contributed by atoms with Crippen LogP contribution < -0.4 is 0 Å². The van der Waals surface area contributed by atoms with Crippen molar-refractivity contribution in [2.45, 2.75) is 66.2 Å². The van der Waals surface area contributed by atoms with E-state index in [0.717, 1.165) is 18.8 Å². The van der Waals surface area contributed by atoms with Crippen LogP contribution in [0.15, 0.2) is 22.8 Å². The number of Topliss-reactive ketones (excluding diaryl/α,β-unsaturated/α-hetero) is 1. The van der Waals surface area contributed by atoms with Crippen LogP contribution in [0.5, 0.6) is 0 Å². The van der Waals surface area contributed by atoms with Crippen LogP contribution in [0.4, 0.5) is 0 Å². The van der Waals surface area contributed by atoms with Crippen molar-refractivity contribution in [2.24, 2.45) is 23.2 Å². The second-order valence-corrected chi connectivity index (χ2v) is 7.77. The molecule has 0 saturated heterocycles. The maximum Gasteiger partial charge on any atom is 0.143 e. The molecule has 0 N–H and O–H groups in total. The molecule has 110 valence electrons. The van der Waals surface area contributed by atoms with Crippen LogP contribution in [-0.2, 0) is 4.79 Å². The summed E-state index contributed by atoms with van der Waals surface area (Å²) in [6.45, 7) is 9.04. The molecule has 0 bridgehead atoms. The molecule has 1 nitrogen and oxygen atoms in total. The maximum absolute atomic E-state index is 12.8. The number of hydrogen-bond donors (Lipinski definition) is 0. The average Bonchev–Trinajstić information content (AvgIpc) is 2.76. The molecule has 0 aromatic heterocycles. The van der Waals surface area contributed by atoms with E-state index >= 15 is 0 Å². The van der Waals surface area contributed by atoms with Crippen LogP contribution in [0.3, 0.4) is 0 Å². The zero-order valence-electron chi connectivity index (χ0n) is 13.5. The summed E-state index contributed by atoms with van der Waals surface area (Å²) in [5, 5.41) is 0. The number of ketones is 1. The molecule has 0 amide bonds. The Hall–Kier alpha value is -0.850. The second-order valence-electron chi connectivity index (χ2n) is 7.77. The van der Waals surface area contributed by atoms with Gasteiger partial charge >= 0.3 is 0 Å². The quantitative estimate of drug-likeness (QED) is 0.609. The summed E-state index contributed by atoms with van der Waals surface area (Å²) in [6.07, 6.45) is 9.09. The Morgan fingerprint density at radius 3 is 2.75 bits per heavy atom. The number of allylic oxidation sites excluding steroid dienone is 4. The monoisotopic (exact) mass is 272 g/mol. The second kappa shape index (κ2) is 4.86. The van der Waals surface area contributed by atoms with E-state index < -0.39 is 0 Å². The van der Waals surface area contributed by atoms with Crippen LogP contribution in [0.1, 0.15) is 66.2 Å². The zero-order valence-corrected chi connectivity index (χ0v) is 13.5. The fraction of sp³-hybridized carbons (Fsp3) is 0.737. The molecule has 3 rings (SSSR count). The van der Waals surface area contributed by atoms with Gasteiger partial charge in [0, 0.05) is 11.8 Å². The highest BCUT2D eigenvalue weighted by molar-refractivity contribution is 5.88. The minimum Gasteiger partial charge on any atom is -0.299 e. The van der Waals surface area contributed by atoms with Gasteiger partial charge in [0.15, 0.2) is 0 Å². The lowest BCUT2D eigenvalue weighted by Gasteiger charge is -2.44. The standard InChI is InChI=1S/C19H28O/c1-12(2)15-7-6-14-9-10-19(4)16(18(14)15)8-5-13(3)11-17(19)20/h5,12,14,16H,6-11H2,1-4H3. The molecular weight excluding hydrogens is 244 g/mol. The van der Waals surface area contributed by atoms with Gasteiger partial charge in [0.05, 0.1) is 0 Å². The molecule has 0 spiro atoms. The van der Waals surface area contributed by atoms with Crippen molar-refractivity contribution >= 4 is 5.78 Å². The molecule has 3 aliphatic rings. The molecule has 3 aliphatic carbocycles. The Morgan fingerprint density at radius 2 is 2.05 bits per heavy atom. The van der Waals surface area contributed by atoms with Crippen LogP contribution in [-0.4, -0.2) is 5.78 Å². The van der Waals surface area contributed by atoms with Crippen molar-refractivity contribution in [3.8, 4) is 0 Å². The van der Waals surface area contributed by atoms with Crippen molar-refractivity contribution < 1.29 is 4.79 Å². The number of fused-ring (bicyclic) bond motifs is 3. The summed E-state index contributed by atoms with van der Waals surface area (Å²) in [5.74, 6) is 2.42. The summed E-state index contributed by atoms with van der Waals surface area (Å²) in [5.41, 5.74) is 4.58. The molecule has 0 radical (unpaired) electrons. The van der Waals surface area contributed by atoms with E-state index in [9.17, 15) is 4.79 Å². The van der Waals surface area contributed by atoms with Gasteiger partial charge in [0.2, 0.25) is 0 Å². The van der Waals surface area contributed by atoms with E-state index in [1.54, 1.807) is 11.1 Å². The normalized spacial score (nSPS) is 37.6. The predicted molar refractivity (Wildman–Crippen MR) is 83.4 cm³/mol. The van der Waals surface area contributed by atoms with Gasteiger partial charge < -0.3 is 0 Å². The Balaban J connectivity index is 2.08. The van der Waals surface area contributed by atoms with Gasteiger partial charge in [-0.25, -0.2) is 0 Å². The smallest absolute Gasteiger partial charge is 0.143 e. The van der Waals surface area contributed by atoms with Crippen LogP contribution >= 0.6 is 0 Å². The van der Waals surface area contributed by atoms with Gasteiger partial charge in [0.1, 0.15) is 5.78 Å². The Kier molecular flexibility index (Phi) is 3.43. The van der Waals surface area contributed by atoms with Crippen molar-refractivity contribution in [1.29, 1.82) is 0 Å². The molecular formula is C19H28O. The van der Waals surface area contributed by atoms with Crippen LogP contribution in [0, 0.1) is 23.2 Å². The van der Waals surface area contributed by atoms with Crippen LogP contribution in [0.2, 0.25) is 0 Å². The first-order valence-corrected chi connectivity index (χ1v) is 8.35. The van der Waals surface area contributed by atoms with Crippen molar-refractivity contribution in [3.63, 3.8) is 0 Å². The number of carbonyl (C=O) groups excluding carboxylic acids is 1. The lowest BCUT2D eigenvalue weighted by atomic mass is 9.59. The highest BCUT2D eigenvalue weighted by atomic mass is 16.1. The maximum atomic E-state index is 12.8. The van der Waals surface area contributed by atoms with E-state index in [1.165, 1.54) is 24.8 Å². The topological polar surface area (TPSA) is 17.1 Å². The number of carbonyl (C=O) groups is 1. The third-order valence-electron chi connectivity index (χ3n) is 6.20. The Labute approximate surface area is 123 Å². The first-order chi connectivity index (χ1) is 9.43. The first-order valence-electron chi connectivity index (χ1n) is 8.35. The fourth-order valence-corrected chi connectivity index (χ4v) is 4.88. The molecule has 3 atom stereocenters. The van der Waals surface area contributed by atoms with Crippen molar-refractivity contribution in [3.05, 3.63) is 22.8 Å². The summed E-state index contributed by atoms with van der Waals surface area (Å²) in [6, 6.07) is 0. The molecule has 0 aromatic rings. The minimum atomic E-state index is -0.0927. The lowest BCUT2D eigenvalue weighted by Crippen LogP contribution is -2.41. The molecule has 20 heavy (non-hydrogen) atoms. The van der Waals surface area contributed by atoms with E-state index in [1.807, 2.05) is 0 Å². The third-order valence-corrected chi connectivity index (χ3v) is 6.20. The molecule has 0 heterocycles. The molecule has 1 saturated carbocycles. The van der Waals surface area contributed by atoms with E-state index in [4.69, 9.17) is 0 Å². The van der Waals surface area contributed by atoms with Gasteiger partial charge in [-0.05, 0) is 56.8 Å². The van der Waals surface area contributed by atoms with E-state index in [0.29, 0.717) is 24.0 Å². The van der Waals surface area contributed by atoms with E-state index in [2.05, 4.69) is 33.8 Å². The zero-order chi connectivity index (χ0) is 14.5. The molecule has 3 unspecified atom stereocenters. The molecule has 0 aromatic carbocycles. The summed E-state index contributed by atoms with van der Waals surface area (Å²) < 4.78 is 0. The summed E-state index contributed by atoms with van der Waals surface area (Å²) in [7, 11) is 0. The minimum absolute atomic E-state index is 0.0927. The summed E-state index contributed by atoms with van der Waals surface area (Å²) in [4.78, 5) is 12.8. The van der Waals surface area contributed by atoms with E-state index in [-0.39, 0.29) is 5.41 Å². The highest BCUT2D eigenvalue weighted by Gasteiger charge is 2.49. The molecule has 1 fully saturated rings. The number of hydrogen-bond acceptors (Lipinski definition) is 1.